The van der Waals surface area contributed by atoms with E-state index < -0.39 is 16.6 Å². The Morgan fingerprint density at radius 1 is 0.711 bits per heavy atom. The molecule has 5 nitrogen and oxygen atoms in total. The number of carbonyl (C=O) groups is 1. The van der Waals surface area contributed by atoms with Crippen molar-refractivity contribution in [2.24, 2.45) is 17.2 Å². The summed E-state index contributed by atoms with van der Waals surface area (Å²) in [7, 11) is 0. The highest BCUT2D eigenvalue weighted by Gasteiger charge is 2.35. The molecular weight excluding hydrogens is 470 g/mol. The molecule has 5 heteroatoms. The Labute approximate surface area is 233 Å². The molecule has 0 heterocycles. The minimum atomic E-state index is -0.762. The van der Waals surface area contributed by atoms with Crippen LogP contribution in [0.2, 0.25) is 0 Å². The van der Waals surface area contributed by atoms with E-state index in [1.807, 2.05) is 53.7 Å². The third-order valence-corrected chi connectivity index (χ3v) is 6.71. The van der Waals surface area contributed by atoms with E-state index in [9.17, 15) is 4.79 Å². The fourth-order valence-electron chi connectivity index (χ4n) is 4.77. The van der Waals surface area contributed by atoms with Gasteiger partial charge in [-0.3, -0.25) is 4.79 Å². The molecular formula is C33H57N3O2. The Morgan fingerprint density at radius 2 is 1.24 bits per heavy atom. The quantitative estimate of drug-likeness (QED) is 0.0776. The van der Waals surface area contributed by atoms with E-state index in [1.54, 1.807) is 0 Å². The average molecular weight is 528 g/mol. The summed E-state index contributed by atoms with van der Waals surface area (Å²) in [6.07, 6.45) is 22.1. The normalized spacial score (nSPS) is 13.1. The molecule has 0 atom stereocenters. The average Bonchev–Trinajstić information content (AvgIpc) is 2.79. The van der Waals surface area contributed by atoms with Crippen LogP contribution in [0.3, 0.4) is 0 Å². The van der Waals surface area contributed by atoms with Crippen molar-refractivity contribution in [1.82, 2.24) is 0 Å². The van der Waals surface area contributed by atoms with Crippen LogP contribution in [-0.2, 0) is 21.4 Å². The van der Waals surface area contributed by atoms with Gasteiger partial charge in [-0.05, 0) is 97.3 Å². The van der Waals surface area contributed by atoms with Crippen molar-refractivity contribution >= 4 is 5.97 Å². The van der Waals surface area contributed by atoms with Crippen molar-refractivity contribution in [3.63, 3.8) is 0 Å². The molecule has 0 aliphatic heterocycles. The maximum Gasteiger partial charge on any atom is 0.311 e. The van der Waals surface area contributed by atoms with Gasteiger partial charge in [-0.1, -0.05) is 69.4 Å². The Morgan fingerprint density at radius 3 is 1.76 bits per heavy atom. The SMILES string of the molecule is CCCCC/C=C\C/C=C\CCCCCCCC(=O)Oc1ccc(C(C)(C)N)c(C(C)(C)N)c1C(C)(C)N. The van der Waals surface area contributed by atoms with Crippen LogP contribution in [0.1, 0.15) is 142 Å². The number of benzene rings is 1. The summed E-state index contributed by atoms with van der Waals surface area (Å²) in [4.78, 5) is 12.7. The number of hydrogen-bond acceptors (Lipinski definition) is 5. The summed E-state index contributed by atoms with van der Waals surface area (Å²) in [5.74, 6) is 0.244. The second-order valence-electron chi connectivity index (χ2n) is 12.5. The van der Waals surface area contributed by atoms with Gasteiger partial charge in [0.15, 0.2) is 0 Å². The fraction of sp³-hybridized carbons (Fsp3) is 0.667. The van der Waals surface area contributed by atoms with Gasteiger partial charge in [0, 0.05) is 28.6 Å². The first-order valence-electron chi connectivity index (χ1n) is 14.7. The van der Waals surface area contributed by atoms with Crippen molar-refractivity contribution in [2.45, 2.75) is 142 Å². The van der Waals surface area contributed by atoms with Crippen LogP contribution in [0.25, 0.3) is 0 Å². The van der Waals surface area contributed by atoms with Crippen molar-refractivity contribution in [3.8, 4) is 5.75 Å². The molecule has 1 aromatic carbocycles. The lowest BCUT2D eigenvalue weighted by molar-refractivity contribution is -0.134. The van der Waals surface area contributed by atoms with Gasteiger partial charge in [0.05, 0.1) is 0 Å². The number of ether oxygens (including phenoxy) is 1. The number of nitrogens with two attached hydrogens (primary N) is 3. The first-order valence-corrected chi connectivity index (χ1v) is 14.7. The van der Waals surface area contributed by atoms with Crippen LogP contribution in [-0.4, -0.2) is 5.97 Å². The van der Waals surface area contributed by atoms with Crippen molar-refractivity contribution in [3.05, 3.63) is 53.1 Å². The van der Waals surface area contributed by atoms with E-state index in [4.69, 9.17) is 21.9 Å². The molecule has 0 aromatic heterocycles. The molecule has 0 amide bonds. The van der Waals surface area contributed by atoms with Crippen molar-refractivity contribution in [2.75, 3.05) is 0 Å². The highest BCUT2D eigenvalue weighted by atomic mass is 16.5. The molecule has 0 spiro atoms. The topological polar surface area (TPSA) is 104 Å². The van der Waals surface area contributed by atoms with Gasteiger partial charge in [-0.25, -0.2) is 0 Å². The summed E-state index contributed by atoms with van der Waals surface area (Å²) in [5, 5.41) is 0. The molecule has 0 radical (unpaired) electrons. The summed E-state index contributed by atoms with van der Waals surface area (Å²) in [5.41, 5.74) is 20.1. The van der Waals surface area contributed by atoms with Crippen molar-refractivity contribution in [1.29, 1.82) is 0 Å². The van der Waals surface area contributed by atoms with Crippen LogP contribution in [0.15, 0.2) is 36.4 Å². The van der Waals surface area contributed by atoms with E-state index in [-0.39, 0.29) is 5.97 Å². The predicted molar refractivity (Wildman–Crippen MR) is 163 cm³/mol. The van der Waals surface area contributed by atoms with Crippen LogP contribution in [0, 0.1) is 0 Å². The molecule has 1 rings (SSSR count). The van der Waals surface area contributed by atoms with Crippen LogP contribution in [0.4, 0.5) is 0 Å². The molecule has 38 heavy (non-hydrogen) atoms. The van der Waals surface area contributed by atoms with E-state index in [0.717, 1.165) is 48.8 Å². The largest absolute Gasteiger partial charge is 0.426 e. The minimum Gasteiger partial charge on any atom is -0.426 e. The smallest absolute Gasteiger partial charge is 0.311 e. The summed E-state index contributed by atoms with van der Waals surface area (Å²) >= 11 is 0. The molecule has 6 N–H and O–H groups in total. The summed E-state index contributed by atoms with van der Waals surface area (Å²) in [6, 6.07) is 3.73. The lowest BCUT2D eigenvalue weighted by atomic mass is 9.75. The molecule has 0 aliphatic carbocycles. The second-order valence-corrected chi connectivity index (χ2v) is 12.5. The number of allylic oxidation sites excluding steroid dienone is 4. The zero-order valence-electron chi connectivity index (χ0n) is 25.5. The van der Waals surface area contributed by atoms with Gasteiger partial charge in [-0.15, -0.1) is 0 Å². The lowest BCUT2D eigenvalue weighted by Gasteiger charge is -2.36. The molecule has 0 unspecified atom stereocenters. The van der Waals surface area contributed by atoms with Crippen molar-refractivity contribution < 1.29 is 9.53 Å². The lowest BCUT2D eigenvalue weighted by Crippen LogP contribution is -2.42. The molecule has 0 saturated heterocycles. The predicted octanol–water partition coefficient (Wildman–Crippen LogP) is 7.99. The number of rotatable bonds is 18. The summed E-state index contributed by atoms with van der Waals surface area (Å²) in [6.45, 7) is 13.8. The number of unbranched alkanes of at least 4 members (excludes halogenated alkanes) is 8. The van der Waals surface area contributed by atoms with E-state index in [2.05, 4.69) is 31.2 Å². The van der Waals surface area contributed by atoms with Gasteiger partial charge in [0.1, 0.15) is 5.75 Å². The first-order chi connectivity index (χ1) is 17.7. The Balaban J connectivity index is 2.54. The van der Waals surface area contributed by atoms with E-state index in [1.165, 1.54) is 38.5 Å². The fourth-order valence-corrected chi connectivity index (χ4v) is 4.77. The maximum atomic E-state index is 12.7. The maximum absolute atomic E-state index is 12.7. The standard InChI is InChI=1S/C33H57N3O2/c1-8-9-10-11-12-13-14-15-16-17-18-19-20-21-22-23-28(37)38-27-25-24-26(31(2,3)34)29(32(4,5)35)30(27)33(6,7)36/h12-13,15-16,24-25H,8-11,14,17-23,34-36H2,1-7H3/b13-12-,16-15-. The highest BCUT2D eigenvalue weighted by Crippen LogP contribution is 2.41. The Kier molecular flexibility index (Phi) is 14.5. The highest BCUT2D eigenvalue weighted by molar-refractivity contribution is 5.73. The zero-order chi connectivity index (χ0) is 28.8. The number of carbonyl (C=O) groups excluding carboxylic acids is 1. The molecule has 0 aliphatic rings. The molecule has 0 bridgehead atoms. The number of esters is 1. The minimum absolute atomic E-state index is 0.235. The van der Waals surface area contributed by atoms with Crippen LogP contribution >= 0.6 is 0 Å². The van der Waals surface area contributed by atoms with E-state index >= 15 is 0 Å². The van der Waals surface area contributed by atoms with E-state index in [0.29, 0.717) is 12.2 Å². The third kappa shape index (κ3) is 12.7. The molecule has 216 valence electrons. The van der Waals surface area contributed by atoms with Crippen LogP contribution in [0.5, 0.6) is 5.75 Å². The first kappa shape index (κ1) is 34.1. The Bertz CT molecular complexity index is 897. The second kappa shape index (κ2) is 16.2. The van der Waals surface area contributed by atoms with Crippen LogP contribution < -0.4 is 21.9 Å². The molecule has 0 fully saturated rings. The monoisotopic (exact) mass is 527 g/mol. The third-order valence-electron chi connectivity index (χ3n) is 6.71. The van der Waals surface area contributed by atoms with Gasteiger partial charge in [0.2, 0.25) is 0 Å². The summed E-state index contributed by atoms with van der Waals surface area (Å²) < 4.78 is 5.86. The molecule has 1 aromatic rings. The zero-order valence-corrected chi connectivity index (χ0v) is 25.5. The van der Waals surface area contributed by atoms with Gasteiger partial charge < -0.3 is 21.9 Å². The van der Waals surface area contributed by atoms with Gasteiger partial charge in [0.25, 0.3) is 0 Å². The number of hydrogen-bond donors (Lipinski definition) is 3. The van der Waals surface area contributed by atoms with Gasteiger partial charge in [-0.2, -0.15) is 0 Å². The van der Waals surface area contributed by atoms with Gasteiger partial charge >= 0.3 is 5.97 Å². The Hall–Kier alpha value is -1.95. The molecule has 0 saturated carbocycles.